The number of carboxylic acids is 1. The number of hydrogen-bond donors (Lipinski definition) is 3. The molecular formula is C16H22N2O3. The lowest BCUT2D eigenvalue weighted by molar-refractivity contribution is 0.0698. The highest BCUT2D eigenvalue weighted by atomic mass is 16.4. The molecule has 0 atom stereocenters. The molecule has 2 rings (SSSR count). The van der Waals surface area contributed by atoms with Crippen LogP contribution in [-0.4, -0.2) is 23.7 Å². The summed E-state index contributed by atoms with van der Waals surface area (Å²) < 4.78 is 0. The van der Waals surface area contributed by atoms with Crippen molar-refractivity contribution in [2.75, 3.05) is 11.9 Å². The average molecular weight is 290 g/mol. The van der Waals surface area contributed by atoms with Crippen molar-refractivity contribution in [1.29, 1.82) is 0 Å². The Morgan fingerprint density at radius 1 is 1.24 bits per heavy atom. The van der Waals surface area contributed by atoms with E-state index in [9.17, 15) is 9.59 Å². The van der Waals surface area contributed by atoms with Gasteiger partial charge < -0.3 is 15.7 Å². The summed E-state index contributed by atoms with van der Waals surface area (Å²) in [6.07, 6.45) is 6.06. The van der Waals surface area contributed by atoms with Gasteiger partial charge in [0.15, 0.2) is 0 Å². The van der Waals surface area contributed by atoms with Crippen LogP contribution in [0.2, 0.25) is 0 Å². The lowest BCUT2D eigenvalue weighted by Gasteiger charge is -2.22. The maximum atomic E-state index is 12.0. The average Bonchev–Trinajstić information content (AvgIpc) is 2.48. The van der Waals surface area contributed by atoms with Crippen molar-refractivity contribution in [3.63, 3.8) is 0 Å². The van der Waals surface area contributed by atoms with E-state index in [-0.39, 0.29) is 11.6 Å². The number of carbonyl (C=O) groups is 2. The number of nitrogens with one attached hydrogen (secondary N) is 2. The second-order valence-electron chi connectivity index (χ2n) is 5.64. The van der Waals surface area contributed by atoms with Crippen LogP contribution in [0.3, 0.4) is 0 Å². The van der Waals surface area contributed by atoms with Crippen molar-refractivity contribution in [1.82, 2.24) is 5.32 Å². The molecule has 1 aromatic carbocycles. The van der Waals surface area contributed by atoms with Gasteiger partial charge in [-0.25, -0.2) is 9.59 Å². The smallest absolute Gasteiger partial charge is 0.337 e. The molecule has 2 amide bonds. The molecule has 1 aliphatic rings. The summed E-state index contributed by atoms with van der Waals surface area (Å²) in [5.41, 5.74) is 1.22. The van der Waals surface area contributed by atoms with Gasteiger partial charge in [-0.1, -0.05) is 31.4 Å². The van der Waals surface area contributed by atoms with Gasteiger partial charge >= 0.3 is 12.0 Å². The first-order valence-electron chi connectivity index (χ1n) is 7.45. The van der Waals surface area contributed by atoms with E-state index in [1.807, 2.05) is 0 Å². The zero-order valence-corrected chi connectivity index (χ0v) is 12.3. The monoisotopic (exact) mass is 290 g/mol. The van der Waals surface area contributed by atoms with E-state index in [1.165, 1.54) is 25.3 Å². The molecule has 0 heterocycles. The molecule has 21 heavy (non-hydrogen) atoms. The summed E-state index contributed by atoms with van der Waals surface area (Å²) >= 11 is 0. The Labute approximate surface area is 124 Å². The molecule has 3 N–H and O–H groups in total. The first kappa shape index (κ1) is 15.4. The van der Waals surface area contributed by atoms with Gasteiger partial charge in [0, 0.05) is 6.54 Å². The molecule has 5 heteroatoms. The van der Waals surface area contributed by atoms with Crippen LogP contribution in [0.5, 0.6) is 0 Å². The van der Waals surface area contributed by atoms with Crippen molar-refractivity contribution in [2.45, 2.75) is 39.0 Å². The number of urea groups is 1. The fourth-order valence-electron chi connectivity index (χ4n) is 2.80. The minimum Gasteiger partial charge on any atom is -0.478 e. The summed E-state index contributed by atoms with van der Waals surface area (Å²) in [7, 11) is 0. The third-order valence-corrected chi connectivity index (χ3v) is 4.02. The Morgan fingerprint density at radius 2 is 1.95 bits per heavy atom. The molecule has 5 nitrogen and oxygen atoms in total. The number of hydrogen-bond acceptors (Lipinski definition) is 2. The molecule has 0 radical (unpaired) electrons. The quantitative estimate of drug-likeness (QED) is 0.795. The molecule has 0 aliphatic heterocycles. The maximum Gasteiger partial charge on any atom is 0.337 e. The van der Waals surface area contributed by atoms with Gasteiger partial charge in [0.05, 0.1) is 11.3 Å². The van der Waals surface area contributed by atoms with Crippen LogP contribution in [0.15, 0.2) is 18.2 Å². The van der Waals surface area contributed by atoms with Crippen LogP contribution in [0.25, 0.3) is 0 Å². The molecule has 0 bridgehead atoms. The molecule has 1 aliphatic carbocycles. The Balaban J connectivity index is 1.94. The zero-order valence-electron chi connectivity index (χ0n) is 12.3. The predicted octanol–water partition coefficient (Wildman–Crippen LogP) is 3.40. The highest BCUT2D eigenvalue weighted by Gasteiger charge is 2.16. The normalized spacial score (nSPS) is 15.5. The predicted molar refractivity (Wildman–Crippen MR) is 81.7 cm³/mol. The van der Waals surface area contributed by atoms with E-state index >= 15 is 0 Å². The van der Waals surface area contributed by atoms with Crippen LogP contribution in [0.4, 0.5) is 10.5 Å². The zero-order chi connectivity index (χ0) is 15.2. The number of anilines is 1. The Bertz CT molecular complexity index is 522. The summed E-state index contributed by atoms with van der Waals surface area (Å²) in [6.45, 7) is 2.43. The molecule has 0 unspecified atom stereocenters. The van der Waals surface area contributed by atoms with E-state index in [0.717, 1.165) is 18.4 Å². The van der Waals surface area contributed by atoms with Crippen LogP contribution in [0.1, 0.15) is 48.0 Å². The number of carbonyl (C=O) groups excluding carboxylic acids is 1. The van der Waals surface area contributed by atoms with Crippen molar-refractivity contribution in [3.05, 3.63) is 29.3 Å². The topological polar surface area (TPSA) is 78.4 Å². The van der Waals surface area contributed by atoms with Crippen LogP contribution < -0.4 is 10.6 Å². The SMILES string of the molecule is Cc1cccc(C(=O)O)c1NC(=O)NCC1CCCCC1. The summed E-state index contributed by atoms with van der Waals surface area (Å²) in [6, 6.07) is 4.61. The number of aryl methyl sites for hydroxylation is 1. The largest absolute Gasteiger partial charge is 0.478 e. The van der Waals surface area contributed by atoms with Gasteiger partial charge in [-0.3, -0.25) is 0 Å². The fourth-order valence-corrected chi connectivity index (χ4v) is 2.80. The van der Waals surface area contributed by atoms with Crippen LogP contribution in [-0.2, 0) is 0 Å². The molecule has 0 saturated heterocycles. The van der Waals surface area contributed by atoms with E-state index in [2.05, 4.69) is 10.6 Å². The third-order valence-electron chi connectivity index (χ3n) is 4.02. The minimum absolute atomic E-state index is 0.114. The van der Waals surface area contributed by atoms with E-state index in [1.54, 1.807) is 19.1 Å². The minimum atomic E-state index is -1.04. The van der Waals surface area contributed by atoms with Crippen LogP contribution in [0, 0.1) is 12.8 Å². The van der Waals surface area contributed by atoms with Gasteiger partial charge in [0.1, 0.15) is 0 Å². The van der Waals surface area contributed by atoms with Crippen molar-refractivity contribution < 1.29 is 14.7 Å². The van der Waals surface area contributed by atoms with Gasteiger partial charge in [0.25, 0.3) is 0 Å². The number of para-hydroxylation sites is 1. The number of benzene rings is 1. The number of rotatable bonds is 4. The van der Waals surface area contributed by atoms with E-state index in [0.29, 0.717) is 18.2 Å². The lowest BCUT2D eigenvalue weighted by Crippen LogP contribution is -2.34. The maximum absolute atomic E-state index is 12.0. The molecule has 1 fully saturated rings. The highest BCUT2D eigenvalue weighted by molar-refractivity contribution is 6.00. The standard InChI is InChI=1S/C16H22N2O3/c1-11-6-5-9-13(15(19)20)14(11)18-16(21)17-10-12-7-3-2-4-8-12/h5-6,9,12H,2-4,7-8,10H2,1H3,(H,19,20)(H2,17,18,21). The van der Waals surface area contributed by atoms with E-state index in [4.69, 9.17) is 5.11 Å². The number of carboxylic acid groups (broad SMARTS) is 1. The number of aromatic carboxylic acids is 1. The van der Waals surface area contributed by atoms with Crippen LogP contribution >= 0.6 is 0 Å². The molecule has 0 aromatic heterocycles. The Kier molecular flexibility index (Phi) is 5.20. The molecule has 1 aromatic rings. The van der Waals surface area contributed by atoms with Gasteiger partial charge in [-0.15, -0.1) is 0 Å². The first-order chi connectivity index (χ1) is 10.1. The highest BCUT2D eigenvalue weighted by Crippen LogP contribution is 2.23. The second-order valence-corrected chi connectivity index (χ2v) is 5.64. The van der Waals surface area contributed by atoms with Gasteiger partial charge in [-0.2, -0.15) is 0 Å². The molecule has 114 valence electrons. The van der Waals surface area contributed by atoms with E-state index < -0.39 is 5.97 Å². The number of amides is 2. The molecular weight excluding hydrogens is 268 g/mol. The fraction of sp³-hybridized carbons (Fsp3) is 0.500. The summed E-state index contributed by atoms with van der Waals surface area (Å²) in [4.78, 5) is 23.2. The van der Waals surface area contributed by atoms with Gasteiger partial charge in [-0.05, 0) is 37.3 Å². The first-order valence-corrected chi connectivity index (χ1v) is 7.45. The molecule has 0 spiro atoms. The summed E-state index contributed by atoms with van der Waals surface area (Å²) in [5.74, 6) is -0.499. The van der Waals surface area contributed by atoms with Crippen molar-refractivity contribution in [2.24, 2.45) is 5.92 Å². The van der Waals surface area contributed by atoms with Crippen molar-refractivity contribution in [3.8, 4) is 0 Å². The Hall–Kier alpha value is -2.04. The second kappa shape index (κ2) is 7.11. The molecule has 1 saturated carbocycles. The third kappa shape index (κ3) is 4.21. The Morgan fingerprint density at radius 3 is 2.62 bits per heavy atom. The lowest BCUT2D eigenvalue weighted by atomic mass is 9.89. The summed E-state index contributed by atoms with van der Waals surface area (Å²) in [5, 5.41) is 14.7. The van der Waals surface area contributed by atoms with Gasteiger partial charge in [0.2, 0.25) is 0 Å². The van der Waals surface area contributed by atoms with Crippen molar-refractivity contribution >= 4 is 17.7 Å².